The molecule has 1 aromatic carbocycles. The van der Waals surface area contributed by atoms with Crippen LogP contribution >= 0.6 is 0 Å². The van der Waals surface area contributed by atoms with Gasteiger partial charge in [0, 0.05) is 6.20 Å². The number of aromatic amines is 1. The predicted molar refractivity (Wildman–Crippen MR) is 87.5 cm³/mol. The topological polar surface area (TPSA) is 79.9 Å². The van der Waals surface area contributed by atoms with Gasteiger partial charge in [0.2, 0.25) is 0 Å². The fourth-order valence-corrected chi connectivity index (χ4v) is 2.19. The number of pyridine rings is 1. The SMILES string of the molecule is COc1ccc(C)cc1NC(=O)c1cc(-c2ccccn2)n[nH]1. The molecule has 2 heterocycles. The highest BCUT2D eigenvalue weighted by molar-refractivity contribution is 6.04. The maximum absolute atomic E-state index is 12.4. The Morgan fingerprint density at radius 1 is 1.17 bits per heavy atom. The summed E-state index contributed by atoms with van der Waals surface area (Å²) >= 11 is 0. The second kappa shape index (κ2) is 6.31. The molecule has 116 valence electrons. The molecule has 0 saturated heterocycles. The molecule has 0 saturated carbocycles. The van der Waals surface area contributed by atoms with Crippen molar-refractivity contribution in [2.45, 2.75) is 6.92 Å². The molecule has 0 spiro atoms. The van der Waals surface area contributed by atoms with Crippen molar-refractivity contribution in [3.05, 3.63) is 59.9 Å². The van der Waals surface area contributed by atoms with Crippen LogP contribution in [0.15, 0.2) is 48.7 Å². The number of carbonyl (C=O) groups excluding carboxylic acids is 1. The second-order valence-corrected chi connectivity index (χ2v) is 5.04. The average Bonchev–Trinajstić information content (AvgIpc) is 3.06. The van der Waals surface area contributed by atoms with E-state index >= 15 is 0 Å². The minimum Gasteiger partial charge on any atom is -0.495 e. The molecular weight excluding hydrogens is 292 g/mol. The van der Waals surface area contributed by atoms with Crippen LogP contribution in [0.4, 0.5) is 5.69 Å². The highest BCUT2D eigenvalue weighted by atomic mass is 16.5. The molecule has 1 amide bonds. The number of H-pyrrole nitrogens is 1. The molecule has 3 aromatic rings. The van der Waals surface area contributed by atoms with Gasteiger partial charge in [-0.1, -0.05) is 12.1 Å². The highest BCUT2D eigenvalue weighted by Crippen LogP contribution is 2.26. The van der Waals surface area contributed by atoms with Crippen molar-refractivity contribution in [1.29, 1.82) is 0 Å². The number of aryl methyl sites for hydroxylation is 1. The number of anilines is 1. The fourth-order valence-electron chi connectivity index (χ4n) is 2.19. The number of nitrogens with zero attached hydrogens (tertiary/aromatic N) is 2. The number of rotatable bonds is 4. The van der Waals surface area contributed by atoms with Crippen LogP contribution in [-0.4, -0.2) is 28.2 Å². The number of hydrogen-bond donors (Lipinski definition) is 2. The van der Waals surface area contributed by atoms with Crippen LogP contribution in [0.3, 0.4) is 0 Å². The summed E-state index contributed by atoms with van der Waals surface area (Å²) in [6.07, 6.45) is 1.68. The number of nitrogens with one attached hydrogen (secondary N) is 2. The number of hydrogen-bond acceptors (Lipinski definition) is 4. The minimum absolute atomic E-state index is 0.288. The molecule has 0 atom stereocenters. The molecule has 0 fully saturated rings. The normalized spacial score (nSPS) is 10.3. The summed E-state index contributed by atoms with van der Waals surface area (Å²) in [7, 11) is 1.57. The van der Waals surface area contributed by atoms with E-state index < -0.39 is 0 Å². The van der Waals surface area contributed by atoms with Gasteiger partial charge in [-0.25, -0.2) is 0 Å². The Bertz CT molecular complexity index is 828. The molecule has 23 heavy (non-hydrogen) atoms. The molecule has 0 aliphatic carbocycles. The van der Waals surface area contributed by atoms with Gasteiger partial charge < -0.3 is 10.1 Å². The van der Waals surface area contributed by atoms with Crippen LogP contribution in [0.2, 0.25) is 0 Å². The minimum atomic E-state index is -0.288. The van der Waals surface area contributed by atoms with Crippen LogP contribution < -0.4 is 10.1 Å². The number of ether oxygens (including phenoxy) is 1. The van der Waals surface area contributed by atoms with Crippen molar-refractivity contribution in [2.24, 2.45) is 0 Å². The van der Waals surface area contributed by atoms with Crippen LogP contribution in [-0.2, 0) is 0 Å². The summed E-state index contributed by atoms with van der Waals surface area (Å²) in [5.74, 6) is 0.317. The zero-order valence-electron chi connectivity index (χ0n) is 12.8. The van der Waals surface area contributed by atoms with E-state index in [1.165, 1.54) is 0 Å². The largest absolute Gasteiger partial charge is 0.495 e. The summed E-state index contributed by atoms with van der Waals surface area (Å²) in [6, 6.07) is 12.8. The van der Waals surface area contributed by atoms with Crippen LogP contribution in [0.1, 0.15) is 16.1 Å². The maximum atomic E-state index is 12.4. The first kappa shape index (κ1) is 14.8. The third-order valence-electron chi connectivity index (χ3n) is 3.35. The van der Waals surface area contributed by atoms with E-state index in [1.807, 2.05) is 43.3 Å². The van der Waals surface area contributed by atoms with Crippen molar-refractivity contribution in [1.82, 2.24) is 15.2 Å². The lowest BCUT2D eigenvalue weighted by Crippen LogP contribution is -2.13. The van der Waals surface area contributed by atoms with E-state index in [2.05, 4.69) is 20.5 Å². The van der Waals surface area contributed by atoms with Gasteiger partial charge in [-0.3, -0.25) is 14.9 Å². The third-order valence-corrected chi connectivity index (χ3v) is 3.35. The fraction of sp³-hybridized carbons (Fsp3) is 0.118. The average molecular weight is 308 g/mol. The van der Waals surface area contributed by atoms with Gasteiger partial charge in [0.1, 0.15) is 17.1 Å². The first-order valence-electron chi connectivity index (χ1n) is 7.10. The molecule has 2 aromatic heterocycles. The Balaban J connectivity index is 1.82. The first-order chi connectivity index (χ1) is 11.2. The zero-order valence-corrected chi connectivity index (χ0v) is 12.8. The van der Waals surface area contributed by atoms with Crippen LogP contribution in [0.25, 0.3) is 11.4 Å². The van der Waals surface area contributed by atoms with Crippen LogP contribution in [0, 0.1) is 6.92 Å². The quantitative estimate of drug-likeness (QED) is 0.776. The smallest absolute Gasteiger partial charge is 0.273 e. The van der Waals surface area contributed by atoms with Gasteiger partial charge in [0.15, 0.2) is 0 Å². The number of aromatic nitrogens is 3. The summed E-state index contributed by atoms with van der Waals surface area (Å²) in [6.45, 7) is 1.95. The summed E-state index contributed by atoms with van der Waals surface area (Å²) in [5, 5.41) is 9.69. The van der Waals surface area contributed by atoms with Crippen LogP contribution in [0.5, 0.6) is 5.75 Å². The lowest BCUT2D eigenvalue weighted by Gasteiger charge is -2.10. The van der Waals surface area contributed by atoms with Gasteiger partial charge in [-0.05, 0) is 42.8 Å². The molecule has 0 bridgehead atoms. The summed E-state index contributed by atoms with van der Waals surface area (Å²) in [4.78, 5) is 16.6. The van der Waals surface area contributed by atoms with Gasteiger partial charge in [0.05, 0.1) is 18.5 Å². The first-order valence-corrected chi connectivity index (χ1v) is 7.10. The standard InChI is InChI=1S/C17H16N4O2/c1-11-6-7-16(23-2)14(9-11)19-17(22)15-10-13(20-21-15)12-5-3-4-8-18-12/h3-10H,1-2H3,(H,19,22)(H,20,21). The highest BCUT2D eigenvalue weighted by Gasteiger charge is 2.14. The van der Waals surface area contributed by atoms with Crippen molar-refractivity contribution in [3.8, 4) is 17.1 Å². The van der Waals surface area contributed by atoms with Gasteiger partial charge in [0.25, 0.3) is 5.91 Å². The van der Waals surface area contributed by atoms with Crippen molar-refractivity contribution >= 4 is 11.6 Å². The number of carbonyl (C=O) groups is 1. The molecule has 3 rings (SSSR count). The lowest BCUT2D eigenvalue weighted by atomic mass is 10.2. The van der Waals surface area contributed by atoms with E-state index in [9.17, 15) is 4.79 Å². The molecule has 6 nitrogen and oxygen atoms in total. The summed E-state index contributed by atoms with van der Waals surface area (Å²) < 4.78 is 5.26. The number of methoxy groups -OCH3 is 1. The lowest BCUT2D eigenvalue weighted by molar-refractivity contribution is 0.102. The Kier molecular flexibility index (Phi) is 4.05. The monoisotopic (exact) mass is 308 g/mol. The Hall–Kier alpha value is -3.15. The molecule has 2 N–H and O–H groups in total. The maximum Gasteiger partial charge on any atom is 0.273 e. The van der Waals surface area contributed by atoms with Gasteiger partial charge in [-0.2, -0.15) is 5.10 Å². The molecule has 0 unspecified atom stereocenters. The second-order valence-electron chi connectivity index (χ2n) is 5.04. The van der Waals surface area contributed by atoms with E-state index in [-0.39, 0.29) is 5.91 Å². The summed E-state index contributed by atoms with van der Waals surface area (Å²) in [5.41, 5.74) is 3.32. The van der Waals surface area contributed by atoms with Crippen molar-refractivity contribution in [2.75, 3.05) is 12.4 Å². The molecular formula is C17H16N4O2. The molecule has 6 heteroatoms. The van der Waals surface area contributed by atoms with E-state index in [0.29, 0.717) is 28.5 Å². The molecule has 0 aliphatic rings. The van der Waals surface area contributed by atoms with Crippen molar-refractivity contribution in [3.63, 3.8) is 0 Å². The van der Waals surface area contributed by atoms with Crippen molar-refractivity contribution < 1.29 is 9.53 Å². The van der Waals surface area contributed by atoms with E-state index in [1.54, 1.807) is 19.4 Å². The Morgan fingerprint density at radius 3 is 2.78 bits per heavy atom. The van der Waals surface area contributed by atoms with E-state index in [0.717, 1.165) is 5.56 Å². The third kappa shape index (κ3) is 3.21. The molecule has 0 aliphatic heterocycles. The Morgan fingerprint density at radius 2 is 2.04 bits per heavy atom. The van der Waals surface area contributed by atoms with Gasteiger partial charge >= 0.3 is 0 Å². The number of benzene rings is 1. The predicted octanol–water partition coefficient (Wildman–Crippen LogP) is 3.04. The zero-order chi connectivity index (χ0) is 16.2. The number of amides is 1. The Labute approximate surface area is 133 Å². The van der Waals surface area contributed by atoms with Gasteiger partial charge in [-0.15, -0.1) is 0 Å². The van der Waals surface area contributed by atoms with E-state index in [4.69, 9.17) is 4.74 Å². The molecule has 0 radical (unpaired) electrons.